The van der Waals surface area contributed by atoms with Crippen LogP contribution in [0.3, 0.4) is 0 Å². The van der Waals surface area contributed by atoms with Crippen LogP contribution >= 0.6 is 0 Å². The third kappa shape index (κ3) is 2.59. The van der Waals surface area contributed by atoms with Gasteiger partial charge in [0.15, 0.2) is 6.61 Å². The Labute approximate surface area is 110 Å². The number of hydrogen-bond acceptors (Lipinski definition) is 3. The standard InChI is InChI=1S/C14H16FNO3/c15-11-6-2-1-5-10(11)14(7-3-4-8-14)13(18)19-9-12(16)17/h1-2,5-6H,3-4,7-9H2,(H2,16,17). The molecule has 0 radical (unpaired) electrons. The topological polar surface area (TPSA) is 69.4 Å². The van der Waals surface area contributed by atoms with Gasteiger partial charge in [0, 0.05) is 5.56 Å². The van der Waals surface area contributed by atoms with Crippen molar-refractivity contribution < 1.29 is 18.7 Å². The van der Waals surface area contributed by atoms with Crippen molar-refractivity contribution in [3.8, 4) is 0 Å². The molecule has 0 aliphatic heterocycles. The van der Waals surface area contributed by atoms with Gasteiger partial charge in [0.2, 0.25) is 0 Å². The second-order valence-corrected chi connectivity index (χ2v) is 4.81. The SMILES string of the molecule is NC(=O)COC(=O)C1(c2ccccc2F)CCCC1. The third-order valence-electron chi connectivity index (χ3n) is 3.58. The number of nitrogens with two attached hydrogens (primary N) is 1. The van der Waals surface area contributed by atoms with Crippen LogP contribution in [0.5, 0.6) is 0 Å². The molecule has 1 aromatic carbocycles. The summed E-state index contributed by atoms with van der Waals surface area (Å²) in [6, 6.07) is 6.21. The molecule has 0 spiro atoms. The van der Waals surface area contributed by atoms with E-state index in [2.05, 4.69) is 0 Å². The second-order valence-electron chi connectivity index (χ2n) is 4.81. The van der Waals surface area contributed by atoms with E-state index in [-0.39, 0.29) is 0 Å². The smallest absolute Gasteiger partial charge is 0.317 e. The van der Waals surface area contributed by atoms with Crippen molar-refractivity contribution in [3.05, 3.63) is 35.6 Å². The number of esters is 1. The number of benzene rings is 1. The molecule has 0 unspecified atom stereocenters. The average Bonchev–Trinajstić information content (AvgIpc) is 2.87. The van der Waals surface area contributed by atoms with E-state index in [0.717, 1.165) is 12.8 Å². The fraction of sp³-hybridized carbons (Fsp3) is 0.429. The predicted molar refractivity (Wildman–Crippen MR) is 66.7 cm³/mol. The number of carbonyl (C=O) groups excluding carboxylic acids is 2. The minimum atomic E-state index is -0.971. The first kappa shape index (κ1) is 13.5. The number of carbonyl (C=O) groups is 2. The van der Waals surface area contributed by atoms with Crippen LogP contribution in [0.25, 0.3) is 0 Å². The molecule has 102 valence electrons. The first-order valence-electron chi connectivity index (χ1n) is 6.27. The van der Waals surface area contributed by atoms with Gasteiger partial charge in [-0.05, 0) is 18.9 Å². The van der Waals surface area contributed by atoms with Crippen LogP contribution in [0.15, 0.2) is 24.3 Å². The van der Waals surface area contributed by atoms with E-state index in [1.54, 1.807) is 18.2 Å². The molecule has 2 N–H and O–H groups in total. The Morgan fingerprint density at radius 1 is 1.26 bits per heavy atom. The first-order valence-corrected chi connectivity index (χ1v) is 6.27. The van der Waals surface area contributed by atoms with Gasteiger partial charge >= 0.3 is 5.97 Å². The molecule has 1 saturated carbocycles. The van der Waals surface area contributed by atoms with Gasteiger partial charge in [0.25, 0.3) is 5.91 Å². The Balaban J connectivity index is 2.30. The summed E-state index contributed by atoms with van der Waals surface area (Å²) >= 11 is 0. The Hall–Kier alpha value is -1.91. The van der Waals surface area contributed by atoms with Gasteiger partial charge < -0.3 is 10.5 Å². The van der Waals surface area contributed by atoms with E-state index in [9.17, 15) is 14.0 Å². The first-order chi connectivity index (χ1) is 9.06. The van der Waals surface area contributed by atoms with Gasteiger partial charge in [-0.2, -0.15) is 0 Å². The third-order valence-corrected chi connectivity index (χ3v) is 3.58. The summed E-state index contributed by atoms with van der Waals surface area (Å²) < 4.78 is 18.9. The number of amides is 1. The summed E-state index contributed by atoms with van der Waals surface area (Å²) in [6.45, 7) is -0.463. The summed E-state index contributed by atoms with van der Waals surface area (Å²) in [5.41, 5.74) is 4.34. The lowest BCUT2D eigenvalue weighted by Gasteiger charge is -2.27. The molecule has 0 aromatic heterocycles. The highest BCUT2D eigenvalue weighted by molar-refractivity contribution is 5.86. The maximum absolute atomic E-state index is 13.9. The van der Waals surface area contributed by atoms with Crippen molar-refractivity contribution in [2.24, 2.45) is 5.73 Å². The molecule has 0 atom stereocenters. The highest BCUT2D eigenvalue weighted by atomic mass is 19.1. The molecule has 1 aliphatic rings. The highest BCUT2D eigenvalue weighted by Crippen LogP contribution is 2.43. The van der Waals surface area contributed by atoms with Crippen LogP contribution in [0.2, 0.25) is 0 Å². The summed E-state index contributed by atoms with van der Waals surface area (Å²) in [6.07, 6.45) is 2.73. The zero-order chi connectivity index (χ0) is 13.9. The second kappa shape index (κ2) is 5.38. The van der Waals surface area contributed by atoms with E-state index in [1.807, 2.05) is 0 Å². The van der Waals surface area contributed by atoms with E-state index < -0.39 is 29.7 Å². The largest absolute Gasteiger partial charge is 0.455 e. The molecule has 1 fully saturated rings. The van der Waals surface area contributed by atoms with Gasteiger partial charge in [-0.25, -0.2) is 4.39 Å². The Morgan fingerprint density at radius 2 is 1.89 bits per heavy atom. The molecule has 5 heteroatoms. The number of rotatable bonds is 4. The lowest BCUT2D eigenvalue weighted by Crippen LogP contribution is -2.37. The number of ether oxygens (including phenoxy) is 1. The van der Waals surface area contributed by atoms with Crippen LogP contribution in [-0.2, 0) is 19.7 Å². The van der Waals surface area contributed by atoms with Crippen molar-refractivity contribution in [1.82, 2.24) is 0 Å². The van der Waals surface area contributed by atoms with E-state index in [4.69, 9.17) is 10.5 Å². The molecule has 2 rings (SSSR count). The Bertz CT molecular complexity index is 495. The summed E-state index contributed by atoms with van der Waals surface area (Å²) in [5.74, 6) is -1.69. The average molecular weight is 265 g/mol. The maximum Gasteiger partial charge on any atom is 0.317 e. The highest BCUT2D eigenvalue weighted by Gasteiger charge is 2.45. The van der Waals surface area contributed by atoms with Crippen molar-refractivity contribution in [2.45, 2.75) is 31.1 Å². The van der Waals surface area contributed by atoms with Crippen molar-refractivity contribution in [1.29, 1.82) is 0 Å². The molecule has 0 heterocycles. The number of hydrogen-bond donors (Lipinski definition) is 1. The number of halogens is 1. The lowest BCUT2D eigenvalue weighted by molar-refractivity contribution is -0.153. The van der Waals surface area contributed by atoms with Crippen molar-refractivity contribution >= 4 is 11.9 Å². The quantitative estimate of drug-likeness (QED) is 0.842. The van der Waals surface area contributed by atoms with Crippen molar-refractivity contribution in [3.63, 3.8) is 0 Å². The maximum atomic E-state index is 13.9. The number of primary amides is 1. The molecule has 1 aliphatic carbocycles. The van der Waals surface area contributed by atoms with Crippen LogP contribution in [0.4, 0.5) is 4.39 Å². The fourth-order valence-corrected chi connectivity index (χ4v) is 2.69. The van der Waals surface area contributed by atoms with Gasteiger partial charge in [0.05, 0.1) is 5.41 Å². The van der Waals surface area contributed by atoms with Crippen LogP contribution < -0.4 is 5.73 Å². The monoisotopic (exact) mass is 265 g/mol. The molecule has 19 heavy (non-hydrogen) atoms. The molecule has 0 saturated heterocycles. The van der Waals surface area contributed by atoms with Gasteiger partial charge in [-0.15, -0.1) is 0 Å². The molecule has 4 nitrogen and oxygen atoms in total. The zero-order valence-corrected chi connectivity index (χ0v) is 10.5. The predicted octanol–water partition coefficient (Wildman–Crippen LogP) is 1.67. The normalized spacial score (nSPS) is 17.1. The van der Waals surface area contributed by atoms with Crippen LogP contribution in [0, 0.1) is 5.82 Å². The minimum absolute atomic E-state index is 0.349. The molecular formula is C14H16FNO3. The van der Waals surface area contributed by atoms with Gasteiger partial charge in [-0.3, -0.25) is 9.59 Å². The van der Waals surface area contributed by atoms with Gasteiger partial charge in [-0.1, -0.05) is 31.0 Å². The molecule has 1 amide bonds. The van der Waals surface area contributed by atoms with Gasteiger partial charge in [0.1, 0.15) is 5.82 Å². The van der Waals surface area contributed by atoms with Crippen LogP contribution in [-0.4, -0.2) is 18.5 Å². The fourth-order valence-electron chi connectivity index (χ4n) is 2.69. The van der Waals surface area contributed by atoms with E-state index in [0.29, 0.717) is 18.4 Å². The van der Waals surface area contributed by atoms with Crippen LogP contribution in [0.1, 0.15) is 31.2 Å². The Morgan fingerprint density at radius 3 is 2.47 bits per heavy atom. The molecule has 1 aromatic rings. The summed E-state index contributed by atoms with van der Waals surface area (Å²) in [4.78, 5) is 22.9. The Kier molecular flexibility index (Phi) is 3.83. The summed E-state index contributed by atoms with van der Waals surface area (Å²) in [5, 5.41) is 0. The van der Waals surface area contributed by atoms with E-state index >= 15 is 0 Å². The summed E-state index contributed by atoms with van der Waals surface area (Å²) in [7, 11) is 0. The van der Waals surface area contributed by atoms with E-state index in [1.165, 1.54) is 6.07 Å². The van der Waals surface area contributed by atoms with Crippen molar-refractivity contribution in [2.75, 3.05) is 6.61 Å². The lowest BCUT2D eigenvalue weighted by atomic mass is 9.78. The zero-order valence-electron chi connectivity index (χ0n) is 10.5. The molecule has 0 bridgehead atoms. The minimum Gasteiger partial charge on any atom is -0.455 e. The molecular weight excluding hydrogens is 249 g/mol.